The summed E-state index contributed by atoms with van der Waals surface area (Å²) in [6.07, 6.45) is 5.58. The van der Waals surface area contributed by atoms with Crippen LogP contribution in [0, 0.1) is 0 Å². The Balaban J connectivity index is 1.73. The van der Waals surface area contributed by atoms with Crippen molar-refractivity contribution < 1.29 is 14.3 Å². The minimum Gasteiger partial charge on any atom is -0.494 e. The minimum atomic E-state index is -0.446. The highest BCUT2D eigenvalue weighted by molar-refractivity contribution is 6.12. The van der Waals surface area contributed by atoms with Gasteiger partial charge < -0.3 is 14.5 Å². The first kappa shape index (κ1) is 15.1. The summed E-state index contributed by atoms with van der Waals surface area (Å²) in [5.41, 5.74) is 1.84. The van der Waals surface area contributed by atoms with Gasteiger partial charge in [-0.1, -0.05) is 13.3 Å². The predicted molar refractivity (Wildman–Crippen MR) is 88.2 cm³/mol. The molecule has 1 aromatic heterocycles. The number of cyclic esters (lactones) is 1. The highest BCUT2D eigenvalue weighted by Gasteiger charge is 2.24. The Bertz CT molecular complexity index is 728. The van der Waals surface area contributed by atoms with Crippen LogP contribution < -0.4 is 4.74 Å². The number of nitrogens with zero attached hydrogens (tertiary/aromatic N) is 1. The fraction of sp³-hybridized carbons (Fsp3) is 0.222. The number of carbonyl (C=O) groups is 1. The first-order valence-corrected chi connectivity index (χ1v) is 7.65. The number of nitrogens with one attached hydrogen (secondary N) is 1. The topological polar surface area (TPSA) is 63.7 Å². The van der Waals surface area contributed by atoms with Crippen LogP contribution in [-0.4, -0.2) is 23.5 Å². The molecule has 0 radical (unpaired) electrons. The maximum atomic E-state index is 11.9. The van der Waals surface area contributed by atoms with Crippen molar-refractivity contribution in [1.82, 2.24) is 4.98 Å². The highest BCUT2D eigenvalue weighted by atomic mass is 16.6. The molecule has 3 rings (SSSR count). The average Bonchev–Trinajstić information content (AvgIpc) is 3.19. The molecule has 2 aromatic rings. The molecule has 1 aliphatic rings. The number of aromatic nitrogens is 1. The Hall–Kier alpha value is -2.82. The first-order chi connectivity index (χ1) is 11.3. The maximum Gasteiger partial charge on any atom is 0.363 e. The Morgan fingerprint density at radius 1 is 1.26 bits per heavy atom. The minimum absolute atomic E-state index is 0.283. The summed E-state index contributed by atoms with van der Waals surface area (Å²) in [5.74, 6) is 0.667. The van der Waals surface area contributed by atoms with E-state index in [1.54, 1.807) is 12.3 Å². The number of ether oxygens (including phenoxy) is 2. The van der Waals surface area contributed by atoms with Crippen molar-refractivity contribution in [3.8, 4) is 5.75 Å². The summed E-state index contributed by atoms with van der Waals surface area (Å²) in [7, 11) is 0. The zero-order valence-corrected chi connectivity index (χ0v) is 12.9. The van der Waals surface area contributed by atoms with Gasteiger partial charge in [-0.15, -0.1) is 0 Å². The van der Waals surface area contributed by atoms with Crippen LogP contribution in [0.25, 0.3) is 6.08 Å². The Labute approximate surface area is 134 Å². The zero-order chi connectivity index (χ0) is 16.1. The Morgan fingerprint density at radius 2 is 2.09 bits per heavy atom. The van der Waals surface area contributed by atoms with Crippen LogP contribution >= 0.6 is 0 Å². The van der Waals surface area contributed by atoms with E-state index in [1.165, 1.54) is 0 Å². The van der Waals surface area contributed by atoms with E-state index in [2.05, 4.69) is 16.9 Å². The van der Waals surface area contributed by atoms with Crippen molar-refractivity contribution in [3.63, 3.8) is 0 Å². The lowest BCUT2D eigenvalue weighted by molar-refractivity contribution is -0.129. The number of H-pyrrole nitrogens is 1. The van der Waals surface area contributed by atoms with Crippen molar-refractivity contribution in [1.29, 1.82) is 0 Å². The average molecular weight is 310 g/mol. The molecule has 0 spiro atoms. The van der Waals surface area contributed by atoms with Crippen molar-refractivity contribution in [2.45, 2.75) is 19.8 Å². The summed E-state index contributed by atoms with van der Waals surface area (Å²) in [6, 6.07) is 11.1. The molecule has 0 saturated carbocycles. The molecule has 5 heteroatoms. The SMILES string of the molecule is CCCCOc1ccc(C2=N/C(=C\c3ccc[nH]3)C(=O)O2)cc1. The lowest BCUT2D eigenvalue weighted by Crippen LogP contribution is -2.05. The second-order valence-electron chi connectivity index (χ2n) is 5.19. The standard InChI is InChI=1S/C18H18N2O3/c1-2-3-11-22-15-8-6-13(7-9-15)17-20-16(18(21)23-17)12-14-5-4-10-19-14/h4-10,12,19H,2-3,11H2,1H3/b16-12-. The van der Waals surface area contributed by atoms with Gasteiger partial charge in [-0.25, -0.2) is 9.79 Å². The summed E-state index contributed by atoms with van der Waals surface area (Å²) >= 11 is 0. The summed E-state index contributed by atoms with van der Waals surface area (Å²) in [6.45, 7) is 2.83. The number of aromatic amines is 1. The van der Waals surface area contributed by atoms with Gasteiger partial charge in [-0.2, -0.15) is 0 Å². The third-order valence-corrected chi connectivity index (χ3v) is 3.40. The monoisotopic (exact) mass is 310 g/mol. The molecule has 1 aromatic carbocycles. The van der Waals surface area contributed by atoms with Crippen molar-refractivity contribution >= 4 is 17.9 Å². The molecule has 0 bridgehead atoms. The summed E-state index contributed by atoms with van der Waals surface area (Å²) < 4.78 is 10.8. The van der Waals surface area contributed by atoms with Crippen molar-refractivity contribution in [2.75, 3.05) is 6.61 Å². The largest absolute Gasteiger partial charge is 0.494 e. The third-order valence-electron chi connectivity index (χ3n) is 3.40. The van der Waals surface area contributed by atoms with Gasteiger partial charge in [0.05, 0.1) is 6.61 Å². The second kappa shape index (κ2) is 6.96. The van der Waals surface area contributed by atoms with Gasteiger partial charge in [-0.3, -0.25) is 0 Å². The van der Waals surface area contributed by atoms with Crippen molar-refractivity contribution in [2.24, 2.45) is 4.99 Å². The van der Waals surface area contributed by atoms with E-state index in [1.807, 2.05) is 36.4 Å². The van der Waals surface area contributed by atoms with Crippen LogP contribution in [0.2, 0.25) is 0 Å². The molecule has 0 aliphatic carbocycles. The number of hydrogen-bond acceptors (Lipinski definition) is 4. The van der Waals surface area contributed by atoms with E-state index in [-0.39, 0.29) is 5.70 Å². The molecule has 0 fully saturated rings. The fourth-order valence-electron chi connectivity index (χ4n) is 2.14. The van der Waals surface area contributed by atoms with Crippen LogP contribution in [0.15, 0.2) is 53.3 Å². The number of unbranched alkanes of at least 4 members (excludes halogenated alkanes) is 1. The molecule has 118 valence electrons. The van der Waals surface area contributed by atoms with Gasteiger partial charge >= 0.3 is 5.97 Å². The number of esters is 1. The van der Waals surface area contributed by atoms with Crippen LogP contribution in [-0.2, 0) is 9.53 Å². The van der Waals surface area contributed by atoms with Gasteiger partial charge in [0, 0.05) is 17.5 Å². The molecular weight excluding hydrogens is 292 g/mol. The molecule has 0 amide bonds. The zero-order valence-electron chi connectivity index (χ0n) is 12.9. The van der Waals surface area contributed by atoms with E-state index < -0.39 is 5.97 Å². The normalized spacial score (nSPS) is 15.6. The number of carbonyl (C=O) groups excluding carboxylic acids is 1. The quantitative estimate of drug-likeness (QED) is 0.504. The van der Waals surface area contributed by atoms with Crippen molar-refractivity contribution in [3.05, 3.63) is 59.5 Å². The molecule has 2 heterocycles. The van der Waals surface area contributed by atoms with Crippen LogP contribution in [0.1, 0.15) is 31.0 Å². The van der Waals surface area contributed by atoms with E-state index in [4.69, 9.17) is 9.47 Å². The Morgan fingerprint density at radius 3 is 2.78 bits per heavy atom. The maximum absolute atomic E-state index is 11.9. The molecule has 1 N–H and O–H groups in total. The Kier molecular flexibility index (Phi) is 4.57. The number of hydrogen-bond donors (Lipinski definition) is 1. The number of benzene rings is 1. The van der Waals surface area contributed by atoms with Gasteiger partial charge in [0.15, 0.2) is 5.70 Å². The van der Waals surface area contributed by atoms with E-state index >= 15 is 0 Å². The number of aliphatic imine (C=N–C) groups is 1. The third kappa shape index (κ3) is 3.69. The molecular formula is C18H18N2O3. The lowest BCUT2D eigenvalue weighted by atomic mass is 10.2. The summed E-state index contributed by atoms with van der Waals surface area (Å²) in [5, 5.41) is 0. The van der Waals surface area contributed by atoms with Gasteiger partial charge in [0.1, 0.15) is 5.75 Å². The molecule has 0 saturated heterocycles. The summed E-state index contributed by atoms with van der Waals surface area (Å²) in [4.78, 5) is 19.1. The molecule has 1 aliphatic heterocycles. The second-order valence-corrected chi connectivity index (χ2v) is 5.19. The van der Waals surface area contributed by atoms with E-state index in [0.717, 1.165) is 29.8 Å². The van der Waals surface area contributed by atoms with Crippen LogP contribution in [0.4, 0.5) is 0 Å². The molecule has 0 unspecified atom stereocenters. The van der Waals surface area contributed by atoms with Gasteiger partial charge in [-0.05, 0) is 48.9 Å². The highest BCUT2D eigenvalue weighted by Crippen LogP contribution is 2.20. The van der Waals surface area contributed by atoms with E-state index in [9.17, 15) is 4.79 Å². The molecule has 23 heavy (non-hydrogen) atoms. The lowest BCUT2D eigenvalue weighted by Gasteiger charge is -2.05. The molecule has 0 atom stereocenters. The first-order valence-electron chi connectivity index (χ1n) is 7.65. The van der Waals surface area contributed by atoms with Crippen LogP contribution in [0.5, 0.6) is 5.75 Å². The predicted octanol–water partition coefficient (Wildman–Crippen LogP) is 3.54. The van der Waals surface area contributed by atoms with Gasteiger partial charge in [0.2, 0.25) is 5.90 Å². The molecule has 5 nitrogen and oxygen atoms in total. The number of rotatable bonds is 6. The smallest absolute Gasteiger partial charge is 0.363 e. The van der Waals surface area contributed by atoms with E-state index in [0.29, 0.717) is 12.5 Å². The van der Waals surface area contributed by atoms with Gasteiger partial charge in [0.25, 0.3) is 0 Å². The fourth-order valence-corrected chi connectivity index (χ4v) is 2.14. The van der Waals surface area contributed by atoms with Crippen LogP contribution in [0.3, 0.4) is 0 Å².